The molecule has 0 bridgehead atoms. The van der Waals surface area contributed by atoms with E-state index >= 15 is 0 Å². The van der Waals surface area contributed by atoms with Gasteiger partial charge in [0, 0.05) is 13.0 Å². The van der Waals surface area contributed by atoms with Crippen molar-refractivity contribution in [3.63, 3.8) is 0 Å². The number of carbonyl (C=O) groups excluding carboxylic acids is 3. The van der Waals surface area contributed by atoms with E-state index < -0.39 is 11.6 Å². The molecule has 28 heavy (non-hydrogen) atoms. The van der Waals surface area contributed by atoms with Crippen LogP contribution < -0.4 is 10.6 Å². The zero-order valence-electron chi connectivity index (χ0n) is 17.7. The van der Waals surface area contributed by atoms with Crippen molar-refractivity contribution >= 4 is 17.8 Å². The molecule has 154 valence electrons. The van der Waals surface area contributed by atoms with E-state index in [1.807, 2.05) is 0 Å². The van der Waals surface area contributed by atoms with Gasteiger partial charge in [0.2, 0.25) is 5.91 Å². The summed E-state index contributed by atoms with van der Waals surface area (Å²) in [6.45, 7) is 9.71. The van der Waals surface area contributed by atoms with Crippen molar-refractivity contribution in [2.45, 2.75) is 71.9 Å². The summed E-state index contributed by atoms with van der Waals surface area (Å²) >= 11 is 0. The zero-order chi connectivity index (χ0) is 20.9. The van der Waals surface area contributed by atoms with Crippen LogP contribution in [0.1, 0.15) is 71.0 Å². The maximum atomic E-state index is 12.5. The van der Waals surface area contributed by atoms with Crippen LogP contribution in [0.25, 0.3) is 0 Å². The third-order valence-corrected chi connectivity index (χ3v) is 5.15. The smallest absolute Gasteiger partial charge is 0.325 e. The minimum Gasteiger partial charge on any atom is -0.349 e. The zero-order valence-corrected chi connectivity index (χ0v) is 17.7. The van der Waals surface area contributed by atoms with Gasteiger partial charge >= 0.3 is 6.03 Å². The lowest BCUT2D eigenvalue weighted by Gasteiger charge is -2.24. The molecule has 0 aromatic heterocycles. The minimum absolute atomic E-state index is 0.0840. The number of imide groups is 1. The van der Waals surface area contributed by atoms with Gasteiger partial charge in [-0.05, 0) is 43.7 Å². The number of amides is 4. The Morgan fingerprint density at radius 1 is 1.18 bits per heavy atom. The second kappa shape index (κ2) is 9.22. The molecule has 4 amide bonds. The highest BCUT2D eigenvalue weighted by Crippen LogP contribution is 2.23. The Labute approximate surface area is 168 Å². The molecular weight excluding hydrogens is 354 g/mol. The lowest BCUT2D eigenvalue weighted by molar-refractivity contribution is -0.130. The number of rotatable bonds is 9. The van der Waals surface area contributed by atoms with Gasteiger partial charge in [-0.25, -0.2) is 4.79 Å². The Balaban J connectivity index is 1.96. The summed E-state index contributed by atoms with van der Waals surface area (Å²) in [7, 11) is 0. The lowest BCUT2D eigenvalue weighted by Crippen LogP contribution is -2.41. The van der Waals surface area contributed by atoms with Crippen molar-refractivity contribution in [3.8, 4) is 0 Å². The highest BCUT2D eigenvalue weighted by molar-refractivity contribution is 6.06. The molecule has 1 aliphatic heterocycles. The molecule has 1 heterocycles. The van der Waals surface area contributed by atoms with Crippen LogP contribution in [0.3, 0.4) is 0 Å². The first kappa shape index (κ1) is 21.9. The van der Waals surface area contributed by atoms with Crippen LogP contribution in [0.5, 0.6) is 0 Å². The van der Waals surface area contributed by atoms with Crippen molar-refractivity contribution in [1.29, 1.82) is 0 Å². The Kier molecular flexibility index (Phi) is 7.22. The van der Waals surface area contributed by atoms with E-state index in [4.69, 9.17) is 0 Å². The van der Waals surface area contributed by atoms with Gasteiger partial charge in [0.15, 0.2) is 0 Å². The first-order valence-electron chi connectivity index (χ1n) is 10.2. The molecule has 1 fully saturated rings. The molecule has 2 N–H and O–H groups in total. The summed E-state index contributed by atoms with van der Waals surface area (Å²) in [4.78, 5) is 37.8. The number of nitrogens with one attached hydrogen (secondary N) is 2. The third kappa shape index (κ3) is 5.33. The third-order valence-electron chi connectivity index (χ3n) is 5.15. The van der Waals surface area contributed by atoms with Crippen molar-refractivity contribution in [2.75, 3.05) is 6.54 Å². The van der Waals surface area contributed by atoms with Crippen molar-refractivity contribution in [3.05, 3.63) is 35.4 Å². The molecule has 1 atom stereocenters. The number of unbranched alkanes of at least 4 members (excludes halogenated alkanes) is 1. The maximum Gasteiger partial charge on any atom is 0.325 e. The highest BCUT2D eigenvalue weighted by atomic mass is 16.2. The van der Waals surface area contributed by atoms with Crippen molar-refractivity contribution in [2.24, 2.45) is 5.92 Å². The van der Waals surface area contributed by atoms with Crippen LogP contribution in [0.4, 0.5) is 4.79 Å². The Morgan fingerprint density at radius 2 is 1.82 bits per heavy atom. The van der Waals surface area contributed by atoms with Crippen LogP contribution in [-0.4, -0.2) is 34.8 Å². The largest absolute Gasteiger partial charge is 0.349 e. The molecule has 1 aromatic rings. The first-order chi connectivity index (χ1) is 13.2. The van der Waals surface area contributed by atoms with Gasteiger partial charge in [-0.1, -0.05) is 51.5 Å². The Hall–Kier alpha value is -2.37. The highest BCUT2D eigenvalue weighted by Gasteiger charge is 2.44. The molecule has 0 aliphatic carbocycles. The number of hydrogen-bond donors (Lipinski definition) is 2. The molecular formula is C22H33N3O3. The standard InChI is InChI=1S/C22H33N3O3/c1-6-7-8-16-9-11-17(12-10-16)19(15(2)3)23-18(26)13-14-25-20(27)22(4,5)24-21(25)28/h9-12,15,19H,6-8,13-14H2,1-5H3,(H,23,26)(H,24,28)/t19-/m0/s1. The Morgan fingerprint density at radius 3 is 2.32 bits per heavy atom. The molecule has 0 saturated carbocycles. The fraction of sp³-hybridized carbons (Fsp3) is 0.591. The van der Waals surface area contributed by atoms with E-state index in [9.17, 15) is 14.4 Å². The number of aryl methyl sites for hydroxylation is 1. The van der Waals surface area contributed by atoms with Gasteiger partial charge in [0.25, 0.3) is 5.91 Å². The van der Waals surface area contributed by atoms with Crippen LogP contribution in [0.2, 0.25) is 0 Å². The van der Waals surface area contributed by atoms with E-state index in [2.05, 4.69) is 55.7 Å². The van der Waals surface area contributed by atoms with Gasteiger partial charge in [0.1, 0.15) is 5.54 Å². The molecule has 6 nitrogen and oxygen atoms in total. The first-order valence-corrected chi connectivity index (χ1v) is 10.2. The summed E-state index contributed by atoms with van der Waals surface area (Å²) in [6.07, 6.45) is 3.50. The number of carbonyl (C=O) groups is 3. The molecule has 0 spiro atoms. The van der Waals surface area contributed by atoms with Crippen molar-refractivity contribution < 1.29 is 14.4 Å². The molecule has 6 heteroatoms. The monoisotopic (exact) mass is 387 g/mol. The average molecular weight is 388 g/mol. The average Bonchev–Trinajstić information content (AvgIpc) is 2.83. The van der Waals surface area contributed by atoms with E-state index in [1.54, 1.807) is 13.8 Å². The maximum absolute atomic E-state index is 12.5. The molecule has 2 rings (SSSR count). The molecule has 1 aromatic carbocycles. The van der Waals surface area contributed by atoms with Gasteiger partial charge in [0.05, 0.1) is 6.04 Å². The summed E-state index contributed by atoms with van der Waals surface area (Å²) in [5.41, 5.74) is 1.47. The number of benzene rings is 1. The summed E-state index contributed by atoms with van der Waals surface area (Å²) in [6, 6.07) is 7.87. The van der Waals surface area contributed by atoms with Gasteiger partial charge < -0.3 is 10.6 Å². The van der Waals surface area contributed by atoms with Crippen molar-refractivity contribution in [1.82, 2.24) is 15.5 Å². The summed E-state index contributed by atoms with van der Waals surface area (Å²) < 4.78 is 0. The normalized spacial score (nSPS) is 17.0. The number of hydrogen-bond acceptors (Lipinski definition) is 3. The van der Waals surface area contributed by atoms with E-state index in [-0.39, 0.29) is 36.7 Å². The fourth-order valence-corrected chi connectivity index (χ4v) is 3.39. The van der Waals surface area contributed by atoms with E-state index in [1.165, 1.54) is 18.4 Å². The van der Waals surface area contributed by atoms with Crippen LogP contribution in [0, 0.1) is 5.92 Å². The molecule has 1 aliphatic rings. The predicted molar refractivity (Wildman–Crippen MR) is 110 cm³/mol. The second-order valence-electron chi connectivity index (χ2n) is 8.40. The SMILES string of the molecule is CCCCc1ccc([C@@H](NC(=O)CCN2C(=O)NC(C)(C)C2=O)C(C)C)cc1. The topological polar surface area (TPSA) is 78.5 Å². The number of nitrogens with zero attached hydrogens (tertiary/aromatic N) is 1. The molecule has 0 unspecified atom stereocenters. The Bertz CT molecular complexity index is 710. The molecule has 1 saturated heterocycles. The van der Waals surface area contributed by atoms with E-state index in [0.29, 0.717) is 0 Å². The van der Waals surface area contributed by atoms with Gasteiger partial charge in [-0.3, -0.25) is 14.5 Å². The van der Waals surface area contributed by atoms with Gasteiger partial charge in [-0.15, -0.1) is 0 Å². The van der Waals surface area contributed by atoms with Crippen LogP contribution in [0.15, 0.2) is 24.3 Å². The summed E-state index contributed by atoms with van der Waals surface area (Å²) in [5.74, 6) is -0.242. The quantitative estimate of drug-likeness (QED) is 0.636. The van der Waals surface area contributed by atoms with Gasteiger partial charge in [-0.2, -0.15) is 0 Å². The second-order valence-corrected chi connectivity index (χ2v) is 8.40. The minimum atomic E-state index is -0.909. The molecule has 0 radical (unpaired) electrons. The van der Waals surface area contributed by atoms with Crippen LogP contribution in [-0.2, 0) is 16.0 Å². The predicted octanol–water partition coefficient (Wildman–Crippen LogP) is 3.56. The fourth-order valence-electron chi connectivity index (χ4n) is 3.39. The van der Waals surface area contributed by atoms with E-state index in [0.717, 1.165) is 16.9 Å². The van der Waals surface area contributed by atoms with Crippen LogP contribution >= 0.6 is 0 Å². The lowest BCUT2D eigenvalue weighted by atomic mass is 9.94. The number of urea groups is 1. The summed E-state index contributed by atoms with van der Waals surface area (Å²) in [5, 5.41) is 5.69.